The Bertz CT molecular complexity index is 1510. The van der Waals surface area contributed by atoms with Crippen molar-refractivity contribution >= 4 is 32.5 Å². The first-order chi connectivity index (χ1) is 16.8. The van der Waals surface area contributed by atoms with Crippen LogP contribution in [-0.4, -0.2) is 59.7 Å². The lowest BCUT2D eigenvalue weighted by atomic mass is 10.0. The maximum atomic E-state index is 13.3. The Morgan fingerprint density at radius 3 is 2.46 bits per heavy atom. The standard InChI is InChI=1S/C25H25N5O4S/c1-17-22(16-26-29(17)2)24-15-21(20-5-3-4-6-23(20)28-24)25(31)27-18-7-9-19(10-8-18)35(32,33)30-11-13-34-14-12-30/h3-10,15-16H,11-14H2,1-2H3,(H,27,31). The third-order valence-electron chi connectivity index (χ3n) is 6.19. The van der Waals surface area contributed by atoms with Crippen LogP contribution in [0.1, 0.15) is 16.1 Å². The first-order valence-electron chi connectivity index (χ1n) is 11.2. The van der Waals surface area contributed by atoms with Gasteiger partial charge in [0.2, 0.25) is 10.0 Å². The van der Waals surface area contributed by atoms with Gasteiger partial charge in [-0.3, -0.25) is 9.48 Å². The van der Waals surface area contributed by atoms with Crippen molar-refractivity contribution in [3.05, 3.63) is 72.1 Å². The van der Waals surface area contributed by atoms with Gasteiger partial charge in [-0.05, 0) is 43.3 Å². The first-order valence-corrected chi connectivity index (χ1v) is 12.7. The molecule has 1 aliphatic rings. The molecule has 10 heteroatoms. The summed E-state index contributed by atoms with van der Waals surface area (Å²) in [6.45, 7) is 3.37. The molecular weight excluding hydrogens is 466 g/mol. The highest BCUT2D eigenvalue weighted by Crippen LogP contribution is 2.28. The van der Waals surface area contributed by atoms with Crippen molar-refractivity contribution in [2.75, 3.05) is 31.6 Å². The predicted molar refractivity (Wildman–Crippen MR) is 133 cm³/mol. The van der Waals surface area contributed by atoms with Crippen LogP contribution in [-0.2, 0) is 21.8 Å². The molecule has 0 bridgehead atoms. The molecule has 2 aromatic heterocycles. The van der Waals surface area contributed by atoms with Gasteiger partial charge in [-0.1, -0.05) is 18.2 Å². The number of ether oxygens (including phenoxy) is 1. The van der Waals surface area contributed by atoms with Gasteiger partial charge in [0.25, 0.3) is 5.91 Å². The molecule has 0 saturated carbocycles. The molecule has 0 unspecified atom stereocenters. The summed E-state index contributed by atoms with van der Waals surface area (Å²) in [5.74, 6) is -0.310. The van der Waals surface area contributed by atoms with Crippen LogP contribution < -0.4 is 5.32 Å². The average Bonchev–Trinajstić information content (AvgIpc) is 3.22. The molecule has 2 aromatic carbocycles. The van der Waals surface area contributed by atoms with E-state index in [0.29, 0.717) is 48.8 Å². The van der Waals surface area contributed by atoms with E-state index in [-0.39, 0.29) is 10.8 Å². The number of aryl methyl sites for hydroxylation is 1. The van der Waals surface area contributed by atoms with E-state index in [2.05, 4.69) is 10.4 Å². The van der Waals surface area contributed by atoms with E-state index >= 15 is 0 Å². The van der Waals surface area contributed by atoms with Crippen LogP contribution in [0, 0.1) is 6.92 Å². The number of carbonyl (C=O) groups excluding carboxylic acids is 1. The quantitative estimate of drug-likeness (QED) is 0.460. The van der Waals surface area contributed by atoms with Crippen molar-refractivity contribution in [1.82, 2.24) is 19.1 Å². The fraction of sp³-hybridized carbons (Fsp3) is 0.240. The Balaban J connectivity index is 1.44. The number of benzene rings is 2. The number of pyridine rings is 1. The number of nitrogens with one attached hydrogen (secondary N) is 1. The number of sulfonamides is 1. The molecule has 0 atom stereocenters. The number of nitrogens with zero attached hydrogens (tertiary/aromatic N) is 4. The van der Waals surface area contributed by atoms with Gasteiger partial charge in [-0.25, -0.2) is 13.4 Å². The van der Waals surface area contributed by atoms with E-state index in [0.717, 1.165) is 16.6 Å². The van der Waals surface area contributed by atoms with Crippen LogP contribution in [0.3, 0.4) is 0 Å². The fourth-order valence-electron chi connectivity index (χ4n) is 4.10. The maximum absolute atomic E-state index is 13.3. The predicted octanol–water partition coefficient (Wildman–Crippen LogP) is 3.22. The van der Waals surface area contributed by atoms with Gasteiger partial charge >= 0.3 is 0 Å². The molecule has 35 heavy (non-hydrogen) atoms. The van der Waals surface area contributed by atoms with Gasteiger partial charge in [0, 0.05) is 42.5 Å². The van der Waals surface area contributed by atoms with Crippen LogP contribution in [0.15, 0.2) is 65.7 Å². The van der Waals surface area contributed by atoms with Crippen LogP contribution in [0.4, 0.5) is 5.69 Å². The minimum Gasteiger partial charge on any atom is -0.379 e. The summed E-state index contributed by atoms with van der Waals surface area (Å²) >= 11 is 0. The third-order valence-corrected chi connectivity index (χ3v) is 8.10. The lowest BCUT2D eigenvalue weighted by Crippen LogP contribution is -2.40. The smallest absolute Gasteiger partial charge is 0.256 e. The molecule has 5 rings (SSSR count). The largest absolute Gasteiger partial charge is 0.379 e. The molecule has 1 N–H and O–H groups in total. The molecule has 3 heterocycles. The second-order valence-corrected chi connectivity index (χ2v) is 10.3. The maximum Gasteiger partial charge on any atom is 0.256 e. The first kappa shape index (κ1) is 23.2. The summed E-state index contributed by atoms with van der Waals surface area (Å²) in [5.41, 5.74) is 4.12. The van der Waals surface area contributed by atoms with E-state index in [1.807, 2.05) is 38.2 Å². The number of rotatable bonds is 5. The molecule has 1 saturated heterocycles. The van der Waals surface area contributed by atoms with Crippen LogP contribution >= 0.6 is 0 Å². The Kier molecular flexibility index (Phi) is 6.10. The Morgan fingerprint density at radius 2 is 1.77 bits per heavy atom. The molecule has 0 radical (unpaired) electrons. The lowest BCUT2D eigenvalue weighted by Gasteiger charge is -2.26. The number of anilines is 1. The minimum atomic E-state index is -3.60. The zero-order chi connectivity index (χ0) is 24.6. The Hall–Kier alpha value is -3.60. The van der Waals surface area contributed by atoms with Gasteiger partial charge in [0.1, 0.15) is 0 Å². The topological polar surface area (TPSA) is 106 Å². The third kappa shape index (κ3) is 4.43. The zero-order valence-electron chi connectivity index (χ0n) is 19.4. The molecule has 0 spiro atoms. The number of para-hydroxylation sites is 1. The number of morpholine rings is 1. The summed E-state index contributed by atoms with van der Waals surface area (Å²) in [6, 6.07) is 15.4. The van der Waals surface area contributed by atoms with Crippen molar-refractivity contribution in [3.8, 4) is 11.3 Å². The highest BCUT2D eigenvalue weighted by Gasteiger charge is 2.26. The monoisotopic (exact) mass is 491 g/mol. The van der Waals surface area contributed by atoms with E-state index < -0.39 is 10.0 Å². The van der Waals surface area contributed by atoms with Gasteiger partial charge in [0.15, 0.2) is 0 Å². The van der Waals surface area contributed by atoms with Gasteiger partial charge in [-0.15, -0.1) is 0 Å². The summed E-state index contributed by atoms with van der Waals surface area (Å²) in [4.78, 5) is 18.3. The van der Waals surface area contributed by atoms with Crippen LogP contribution in [0.2, 0.25) is 0 Å². The molecule has 0 aliphatic carbocycles. The number of hydrogen-bond acceptors (Lipinski definition) is 6. The molecule has 1 amide bonds. The number of amides is 1. The van der Waals surface area contributed by atoms with E-state index in [1.165, 1.54) is 16.4 Å². The van der Waals surface area contributed by atoms with Crippen molar-refractivity contribution < 1.29 is 17.9 Å². The van der Waals surface area contributed by atoms with Crippen LogP contribution in [0.25, 0.3) is 22.2 Å². The molecule has 1 aliphatic heterocycles. The number of fused-ring (bicyclic) bond motifs is 1. The van der Waals surface area contributed by atoms with E-state index in [9.17, 15) is 13.2 Å². The molecular formula is C25H25N5O4S. The summed E-state index contributed by atoms with van der Waals surface area (Å²) < 4.78 is 34.1. The Labute approximate surface area is 203 Å². The normalized spacial score (nSPS) is 14.8. The Morgan fingerprint density at radius 1 is 1.06 bits per heavy atom. The van der Waals surface area contributed by atoms with Crippen molar-refractivity contribution in [2.24, 2.45) is 7.05 Å². The highest BCUT2D eigenvalue weighted by molar-refractivity contribution is 7.89. The van der Waals surface area contributed by atoms with Crippen molar-refractivity contribution in [3.63, 3.8) is 0 Å². The van der Waals surface area contributed by atoms with Gasteiger partial charge in [0.05, 0.1) is 41.1 Å². The molecule has 180 valence electrons. The van der Waals surface area contributed by atoms with Gasteiger partial charge < -0.3 is 10.1 Å². The number of carbonyl (C=O) groups is 1. The van der Waals surface area contributed by atoms with Crippen molar-refractivity contribution in [1.29, 1.82) is 0 Å². The minimum absolute atomic E-state index is 0.182. The summed E-state index contributed by atoms with van der Waals surface area (Å²) in [6.07, 6.45) is 1.74. The van der Waals surface area contributed by atoms with Gasteiger partial charge in [-0.2, -0.15) is 9.40 Å². The fourth-order valence-corrected chi connectivity index (χ4v) is 5.50. The number of aromatic nitrogens is 3. The lowest BCUT2D eigenvalue weighted by molar-refractivity contribution is 0.0730. The van der Waals surface area contributed by atoms with Crippen molar-refractivity contribution in [2.45, 2.75) is 11.8 Å². The molecule has 9 nitrogen and oxygen atoms in total. The second-order valence-electron chi connectivity index (χ2n) is 8.33. The SMILES string of the molecule is Cc1c(-c2cc(C(=O)Nc3ccc(S(=O)(=O)N4CCOCC4)cc3)c3ccccc3n2)cnn1C. The number of hydrogen-bond donors (Lipinski definition) is 1. The molecule has 1 fully saturated rings. The summed E-state index contributed by atoms with van der Waals surface area (Å²) in [5, 5.41) is 7.91. The molecule has 4 aromatic rings. The van der Waals surface area contributed by atoms with E-state index in [4.69, 9.17) is 9.72 Å². The van der Waals surface area contributed by atoms with Crippen LogP contribution in [0.5, 0.6) is 0 Å². The average molecular weight is 492 g/mol. The summed E-state index contributed by atoms with van der Waals surface area (Å²) in [7, 11) is -1.74. The highest BCUT2D eigenvalue weighted by atomic mass is 32.2. The zero-order valence-corrected chi connectivity index (χ0v) is 20.2. The van der Waals surface area contributed by atoms with E-state index in [1.54, 1.807) is 29.1 Å². The second kappa shape index (κ2) is 9.21.